The summed E-state index contributed by atoms with van der Waals surface area (Å²) in [5, 5.41) is 3.66. The molecule has 0 aliphatic carbocycles. The molecule has 0 saturated carbocycles. The van der Waals surface area contributed by atoms with Crippen LogP contribution in [0.25, 0.3) is 11.3 Å². The minimum absolute atomic E-state index is 0.151. The highest BCUT2D eigenvalue weighted by Gasteiger charge is 2.24. The smallest absolute Gasteiger partial charge is 0.221 e. The number of methoxy groups -OCH3 is 1. The Kier molecular flexibility index (Phi) is 6.56. The van der Waals surface area contributed by atoms with Crippen LogP contribution in [-0.4, -0.2) is 27.6 Å². The van der Waals surface area contributed by atoms with Gasteiger partial charge in [-0.1, -0.05) is 41.9 Å². The molecule has 1 N–H and O–H groups in total. The largest absolute Gasteiger partial charge is 0.496 e. The first-order valence-electron chi connectivity index (χ1n) is 10.2. The monoisotopic (exact) mass is 450 g/mol. The molecule has 0 aliphatic rings. The lowest BCUT2D eigenvalue weighted by molar-refractivity contribution is -0.121. The van der Waals surface area contributed by atoms with Crippen LogP contribution in [0.2, 0.25) is 5.02 Å². The van der Waals surface area contributed by atoms with Gasteiger partial charge in [-0.25, -0.2) is 9.97 Å². The number of aromatic nitrogens is 3. The van der Waals surface area contributed by atoms with Gasteiger partial charge < -0.3 is 19.0 Å². The zero-order valence-electron chi connectivity index (χ0n) is 17.8. The van der Waals surface area contributed by atoms with Crippen LogP contribution in [0.15, 0.2) is 71.5 Å². The first-order valence-corrected chi connectivity index (χ1v) is 10.5. The van der Waals surface area contributed by atoms with Crippen molar-refractivity contribution < 1.29 is 13.9 Å². The second-order valence-corrected chi connectivity index (χ2v) is 7.64. The van der Waals surface area contributed by atoms with Gasteiger partial charge in [-0.05, 0) is 18.2 Å². The van der Waals surface area contributed by atoms with Gasteiger partial charge in [-0.15, -0.1) is 0 Å². The number of hydrogen-bond acceptors (Lipinski definition) is 5. The molecule has 2 heterocycles. The van der Waals surface area contributed by atoms with Crippen LogP contribution in [-0.2, 0) is 18.3 Å². The number of imidazole rings is 1. The summed E-state index contributed by atoms with van der Waals surface area (Å²) in [5.74, 6) is 2.28. The lowest BCUT2D eigenvalue weighted by Crippen LogP contribution is -2.31. The van der Waals surface area contributed by atoms with Crippen molar-refractivity contribution in [1.82, 2.24) is 19.9 Å². The second kappa shape index (κ2) is 9.70. The summed E-state index contributed by atoms with van der Waals surface area (Å²) < 4.78 is 13.2. The van der Waals surface area contributed by atoms with Crippen molar-refractivity contribution in [1.29, 1.82) is 0 Å². The summed E-state index contributed by atoms with van der Waals surface area (Å²) in [5.41, 5.74) is 1.60. The van der Waals surface area contributed by atoms with E-state index in [4.69, 9.17) is 20.8 Å². The Morgan fingerprint density at radius 1 is 1.19 bits per heavy atom. The Morgan fingerprint density at radius 3 is 2.72 bits per heavy atom. The molecule has 0 spiro atoms. The molecule has 32 heavy (non-hydrogen) atoms. The highest BCUT2D eigenvalue weighted by Crippen LogP contribution is 2.30. The Hall–Kier alpha value is -3.58. The number of para-hydroxylation sites is 1. The van der Waals surface area contributed by atoms with Crippen LogP contribution in [0.3, 0.4) is 0 Å². The van der Waals surface area contributed by atoms with Gasteiger partial charge in [-0.3, -0.25) is 4.79 Å². The Balaban J connectivity index is 1.48. The van der Waals surface area contributed by atoms with Crippen molar-refractivity contribution in [2.75, 3.05) is 7.11 Å². The summed E-state index contributed by atoms with van der Waals surface area (Å²) in [6, 6.07) is 14.5. The van der Waals surface area contributed by atoms with Crippen LogP contribution < -0.4 is 10.1 Å². The maximum Gasteiger partial charge on any atom is 0.221 e. The van der Waals surface area contributed by atoms with Gasteiger partial charge in [0.05, 0.1) is 18.3 Å². The second-order valence-electron chi connectivity index (χ2n) is 7.24. The highest BCUT2D eigenvalue weighted by atomic mass is 35.5. The fourth-order valence-corrected chi connectivity index (χ4v) is 3.74. The molecule has 1 unspecified atom stereocenters. The van der Waals surface area contributed by atoms with Crippen molar-refractivity contribution in [2.24, 2.45) is 7.05 Å². The molecule has 4 aromatic rings. The summed E-state index contributed by atoms with van der Waals surface area (Å²) in [4.78, 5) is 21.6. The fraction of sp³-hybridized carbons (Fsp3) is 0.208. The predicted molar refractivity (Wildman–Crippen MR) is 121 cm³/mol. The number of nitrogens with zero attached hydrogens (tertiary/aromatic N) is 3. The van der Waals surface area contributed by atoms with Crippen molar-refractivity contribution in [2.45, 2.75) is 18.9 Å². The number of carbonyl (C=O) groups excluding carboxylic acids is 1. The third kappa shape index (κ3) is 4.68. The van der Waals surface area contributed by atoms with Gasteiger partial charge in [0.2, 0.25) is 5.91 Å². The summed E-state index contributed by atoms with van der Waals surface area (Å²) in [6.07, 6.45) is 5.73. The molecule has 7 nitrogen and oxygen atoms in total. The zero-order chi connectivity index (χ0) is 22.5. The summed E-state index contributed by atoms with van der Waals surface area (Å²) >= 11 is 6.23. The molecule has 0 saturated heterocycles. The van der Waals surface area contributed by atoms with E-state index in [0.29, 0.717) is 34.7 Å². The van der Waals surface area contributed by atoms with E-state index in [1.165, 1.54) is 0 Å². The van der Waals surface area contributed by atoms with Gasteiger partial charge in [0.25, 0.3) is 0 Å². The molecular weight excluding hydrogens is 428 g/mol. The number of halogens is 1. The third-order valence-corrected chi connectivity index (χ3v) is 5.46. The molecule has 1 amide bonds. The maximum atomic E-state index is 12.9. The standard InChI is InChI=1S/C24H23ClN4O3/c1-29-14-13-26-24(29)23(17-8-4-6-10-19(17)31-2)28-21(30)11-12-22-27-15-20(32-22)16-7-3-5-9-18(16)25/h3-10,13-15,23H,11-12H2,1-2H3,(H,28,30). The number of carbonyl (C=O) groups is 1. The molecule has 4 rings (SSSR count). The van der Waals surface area contributed by atoms with E-state index in [2.05, 4.69) is 15.3 Å². The fourth-order valence-electron chi connectivity index (χ4n) is 3.51. The van der Waals surface area contributed by atoms with Gasteiger partial charge in [0.1, 0.15) is 17.6 Å². The predicted octanol–water partition coefficient (Wildman–Crippen LogP) is 4.58. The van der Waals surface area contributed by atoms with Crippen molar-refractivity contribution in [3.8, 4) is 17.1 Å². The molecular formula is C24H23ClN4O3. The van der Waals surface area contributed by atoms with Gasteiger partial charge in [-0.2, -0.15) is 0 Å². The molecule has 0 aliphatic heterocycles. The first kappa shape index (κ1) is 21.6. The van der Waals surface area contributed by atoms with Crippen molar-refractivity contribution in [3.05, 3.63) is 89.4 Å². The van der Waals surface area contributed by atoms with Crippen LogP contribution in [0.5, 0.6) is 5.75 Å². The molecule has 2 aromatic carbocycles. The summed E-state index contributed by atoms with van der Waals surface area (Å²) in [7, 11) is 3.50. The van der Waals surface area contributed by atoms with Crippen molar-refractivity contribution >= 4 is 17.5 Å². The SMILES string of the molecule is COc1ccccc1C(NC(=O)CCc1ncc(-c2ccccc2Cl)o1)c1nccn1C. The zero-order valence-corrected chi connectivity index (χ0v) is 18.5. The molecule has 0 radical (unpaired) electrons. The maximum absolute atomic E-state index is 12.9. The van der Waals surface area contributed by atoms with Crippen LogP contribution in [0, 0.1) is 0 Å². The minimum atomic E-state index is -0.457. The highest BCUT2D eigenvalue weighted by molar-refractivity contribution is 6.33. The first-order chi connectivity index (χ1) is 15.6. The van der Waals surface area contributed by atoms with Gasteiger partial charge in [0, 0.05) is 43.4 Å². The van der Waals surface area contributed by atoms with E-state index >= 15 is 0 Å². The molecule has 1 atom stereocenters. The van der Waals surface area contributed by atoms with Crippen molar-refractivity contribution in [3.63, 3.8) is 0 Å². The number of amides is 1. The lowest BCUT2D eigenvalue weighted by atomic mass is 10.0. The minimum Gasteiger partial charge on any atom is -0.496 e. The number of hydrogen-bond donors (Lipinski definition) is 1. The molecule has 164 valence electrons. The topological polar surface area (TPSA) is 82.2 Å². The van der Waals surface area contributed by atoms with Crippen LogP contribution >= 0.6 is 11.6 Å². The van der Waals surface area contributed by atoms with Gasteiger partial charge >= 0.3 is 0 Å². The number of nitrogens with one attached hydrogen (secondary N) is 1. The molecule has 8 heteroatoms. The van der Waals surface area contributed by atoms with E-state index in [0.717, 1.165) is 11.1 Å². The third-order valence-electron chi connectivity index (χ3n) is 5.13. The number of rotatable bonds is 8. The van der Waals surface area contributed by atoms with E-state index in [1.54, 1.807) is 25.6 Å². The van der Waals surface area contributed by atoms with Gasteiger partial charge in [0.15, 0.2) is 11.7 Å². The van der Waals surface area contributed by atoms with E-state index < -0.39 is 6.04 Å². The molecule has 0 bridgehead atoms. The Bertz CT molecular complexity index is 1220. The average molecular weight is 451 g/mol. The number of oxazole rings is 1. The quantitative estimate of drug-likeness (QED) is 0.425. The Morgan fingerprint density at radius 2 is 1.97 bits per heavy atom. The average Bonchev–Trinajstić information content (AvgIpc) is 3.45. The number of benzene rings is 2. The molecule has 0 fully saturated rings. The normalized spacial score (nSPS) is 11.8. The lowest BCUT2D eigenvalue weighted by Gasteiger charge is -2.21. The number of aryl methyl sites for hydroxylation is 2. The van der Waals surface area contributed by atoms with E-state index in [9.17, 15) is 4.79 Å². The molecule has 2 aromatic heterocycles. The Labute approximate surface area is 191 Å². The summed E-state index contributed by atoms with van der Waals surface area (Å²) in [6.45, 7) is 0. The van der Waals surface area contributed by atoms with E-state index in [-0.39, 0.29) is 12.3 Å². The van der Waals surface area contributed by atoms with E-state index in [1.807, 2.05) is 60.3 Å². The van der Waals surface area contributed by atoms with Crippen LogP contribution in [0.4, 0.5) is 0 Å². The number of ether oxygens (including phenoxy) is 1. The van der Waals surface area contributed by atoms with Crippen LogP contribution in [0.1, 0.15) is 29.7 Å².